The Kier molecular flexibility index (Phi) is 7.06. The molecule has 0 saturated carbocycles. The number of carbonyl (C=O) groups excluding carboxylic acids is 1. The summed E-state index contributed by atoms with van der Waals surface area (Å²) in [5.41, 5.74) is 2.46. The number of carbonyl (C=O) groups is 1. The van der Waals surface area contributed by atoms with Gasteiger partial charge in [0.05, 0.1) is 4.90 Å². The number of para-hydroxylation sites is 1. The molecule has 180 valence electrons. The molecule has 0 saturated heterocycles. The second kappa shape index (κ2) is 10.3. The van der Waals surface area contributed by atoms with Crippen LogP contribution in [0.15, 0.2) is 77.7 Å². The van der Waals surface area contributed by atoms with Gasteiger partial charge in [0.25, 0.3) is 10.0 Å². The molecule has 1 heterocycles. The topological polar surface area (TPSA) is 128 Å². The van der Waals surface area contributed by atoms with Gasteiger partial charge in [0.15, 0.2) is 6.61 Å². The van der Waals surface area contributed by atoms with Crippen LogP contribution in [-0.2, 0) is 28.0 Å². The summed E-state index contributed by atoms with van der Waals surface area (Å²) in [6.07, 6.45) is 0. The first-order chi connectivity index (χ1) is 16.8. The molecule has 11 heteroatoms. The molecular weight excluding hydrogens is 468 g/mol. The number of hydrogen-bond donors (Lipinski definition) is 2. The van der Waals surface area contributed by atoms with Crippen molar-refractivity contribution in [2.45, 2.75) is 31.9 Å². The molecule has 35 heavy (non-hydrogen) atoms. The normalized spacial score (nSPS) is 11.1. The maximum absolute atomic E-state index is 12.9. The monoisotopic (exact) mass is 492 g/mol. The van der Waals surface area contributed by atoms with E-state index in [0.29, 0.717) is 28.5 Å². The zero-order chi connectivity index (χ0) is 24.8. The Morgan fingerprint density at radius 1 is 1.00 bits per heavy atom. The van der Waals surface area contributed by atoms with E-state index < -0.39 is 15.9 Å². The molecule has 0 radical (unpaired) electrons. The molecule has 0 aliphatic rings. The Bertz CT molecular complexity index is 1440. The molecule has 1 aromatic heterocycles. The van der Waals surface area contributed by atoms with Crippen molar-refractivity contribution in [1.82, 2.24) is 20.2 Å². The highest BCUT2D eigenvalue weighted by Gasteiger charge is 2.17. The maximum atomic E-state index is 12.9. The molecule has 4 rings (SSSR count). The highest BCUT2D eigenvalue weighted by atomic mass is 32.2. The number of nitrogens with one attached hydrogen (secondary N) is 2. The Morgan fingerprint density at radius 2 is 1.80 bits per heavy atom. The molecule has 4 aromatic rings. The van der Waals surface area contributed by atoms with Gasteiger partial charge in [0, 0.05) is 11.4 Å². The van der Waals surface area contributed by atoms with Crippen molar-refractivity contribution in [1.29, 1.82) is 0 Å². The largest absolute Gasteiger partial charge is 0.485 e. The number of ether oxygens (including phenoxy) is 1. The lowest BCUT2D eigenvalue weighted by Crippen LogP contribution is -2.21. The Labute approximate surface area is 203 Å². The molecule has 0 spiro atoms. The summed E-state index contributed by atoms with van der Waals surface area (Å²) in [5, 5.41) is 14.6. The minimum Gasteiger partial charge on any atom is -0.485 e. The number of benzene rings is 3. The quantitative estimate of drug-likeness (QED) is 0.367. The molecule has 0 atom stereocenters. The van der Waals surface area contributed by atoms with Gasteiger partial charge in [-0.1, -0.05) is 36.4 Å². The Balaban J connectivity index is 1.39. The number of rotatable bonds is 9. The SMILES string of the molecule is Cc1cccc(NS(=O)(=O)c2ccc(C)c(NC(=O)Cn3nnc(COc4ccccc4)n3)c2)c1. The van der Waals surface area contributed by atoms with Crippen LogP contribution in [-0.4, -0.2) is 34.5 Å². The third-order valence-corrected chi connectivity index (χ3v) is 6.33. The van der Waals surface area contributed by atoms with E-state index in [9.17, 15) is 13.2 Å². The summed E-state index contributed by atoms with van der Waals surface area (Å²) >= 11 is 0. The van der Waals surface area contributed by atoms with Crippen LogP contribution >= 0.6 is 0 Å². The molecule has 0 aliphatic heterocycles. The summed E-state index contributed by atoms with van der Waals surface area (Å²) in [5.74, 6) is 0.569. The highest BCUT2D eigenvalue weighted by Crippen LogP contribution is 2.23. The number of sulfonamides is 1. The van der Waals surface area contributed by atoms with Crippen molar-refractivity contribution in [3.05, 3.63) is 89.7 Å². The zero-order valence-corrected chi connectivity index (χ0v) is 20.0. The third kappa shape index (κ3) is 6.42. The van der Waals surface area contributed by atoms with E-state index in [4.69, 9.17) is 4.74 Å². The number of aromatic nitrogens is 4. The Hall–Kier alpha value is -4.25. The summed E-state index contributed by atoms with van der Waals surface area (Å²) in [6, 6.07) is 20.8. The van der Waals surface area contributed by atoms with Crippen LogP contribution in [0.1, 0.15) is 17.0 Å². The number of tetrazole rings is 1. The van der Waals surface area contributed by atoms with E-state index >= 15 is 0 Å². The average molecular weight is 493 g/mol. The van der Waals surface area contributed by atoms with Gasteiger partial charge in [-0.15, -0.1) is 10.2 Å². The molecule has 1 amide bonds. The van der Waals surface area contributed by atoms with E-state index in [2.05, 4.69) is 25.4 Å². The second-order valence-corrected chi connectivity index (χ2v) is 9.52. The van der Waals surface area contributed by atoms with Crippen molar-refractivity contribution in [3.8, 4) is 5.75 Å². The summed E-state index contributed by atoms with van der Waals surface area (Å²) in [7, 11) is -3.85. The summed E-state index contributed by atoms with van der Waals surface area (Å²) < 4.78 is 33.8. The van der Waals surface area contributed by atoms with Crippen molar-refractivity contribution in [3.63, 3.8) is 0 Å². The van der Waals surface area contributed by atoms with Crippen LogP contribution in [0.3, 0.4) is 0 Å². The Morgan fingerprint density at radius 3 is 2.57 bits per heavy atom. The van der Waals surface area contributed by atoms with Crippen LogP contribution in [0.5, 0.6) is 5.75 Å². The zero-order valence-electron chi connectivity index (χ0n) is 19.2. The first-order valence-electron chi connectivity index (χ1n) is 10.7. The fourth-order valence-corrected chi connectivity index (χ4v) is 4.28. The standard InChI is InChI=1S/C24H24N6O4S/c1-17-7-6-8-19(13-17)28-35(32,33)21-12-11-18(2)22(14-21)25-24(31)15-30-27-23(26-29-30)16-34-20-9-4-3-5-10-20/h3-14,28H,15-16H2,1-2H3,(H,25,31). The smallest absolute Gasteiger partial charge is 0.261 e. The van der Waals surface area contributed by atoms with E-state index in [1.54, 1.807) is 31.2 Å². The van der Waals surface area contributed by atoms with Gasteiger partial charge in [0.2, 0.25) is 11.7 Å². The fraction of sp³-hybridized carbons (Fsp3) is 0.167. The first-order valence-corrected chi connectivity index (χ1v) is 12.2. The van der Waals surface area contributed by atoms with Gasteiger partial charge >= 0.3 is 0 Å². The molecule has 0 aliphatic carbocycles. The minimum absolute atomic E-state index is 0.0270. The van der Waals surface area contributed by atoms with Crippen molar-refractivity contribution >= 4 is 27.3 Å². The van der Waals surface area contributed by atoms with E-state index in [-0.39, 0.29) is 18.0 Å². The fourth-order valence-electron chi connectivity index (χ4n) is 3.21. The number of nitrogens with zero attached hydrogens (tertiary/aromatic N) is 4. The van der Waals surface area contributed by atoms with Crippen molar-refractivity contribution in [2.24, 2.45) is 0 Å². The van der Waals surface area contributed by atoms with Crippen LogP contribution in [0.4, 0.5) is 11.4 Å². The molecule has 0 unspecified atom stereocenters. The van der Waals surface area contributed by atoms with Crippen LogP contribution in [0.25, 0.3) is 0 Å². The van der Waals surface area contributed by atoms with Crippen molar-refractivity contribution < 1.29 is 17.9 Å². The van der Waals surface area contributed by atoms with E-state index in [1.807, 2.05) is 43.3 Å². The number of aryl methyl sites for hydroxylation is 2. The lowest BCUT2D eigenvalue weighted by Gasteiger charge is -2.12. The molecule has 10 nitrogen and oxygen atoms in total. The summed E-state index contributed by atoms with van der Waals surface area (Å²) in [4.78, 5) is 13.8. The van der Waals surface area contributed by atoms with Crippen LogP contribution in [0, 0.1) is 13.8 Å². The number of hydrogen-bond acceptors (Lipinski definition) is 7. The van der Waals surface area contributed by atoms with Gasteiger partial charge in [-0.25, -0.2) is 8.42 Å². The van der Waals surface area contributed by atoms with Gasteiger partial charge < -0.3 is 10.1 Å². The predicted molar refractivity (Wildman–Crippen MR) is 130 cm³/mol. The van der Waals surface area contributed by atoms with E-state index in [1.165, 1.54) is 12.1 Å². The van der Waals surface area contributed by atoms with Gasteiger partial charge in [-0.05, 0) is 66.6 Å². The molecule has 0 bridgehead atoms. The number of amides is 1. The third-order valence-electron chi connectivity index (χ3n) is 4.95. The molecular formula is C24H24N6O4S. The summed E-state index contributed by atoms with van der Waals surface area (Å²) in [6.45, 7) is 3.56. The minimum atomic E-state index is -3.85. The lowest BCUT2D eigenvalue weighted by molar-refractivity contribution is -0.117. The van der Waals surface area contributed by atoms with Gasteiger partial charge in [0.1, 0.15) is 12.3 Å². The lowest BCUT2D eigenvalue weighted by atomic mass is 10.2. The second-order valence-electron chi connectivity index (χ2n) is 7.84. The predicted octanol–water partition coefficient (Wildman–Crippen LogP) is 3.31. The average Bonchev–Trinajstić information content (AvgIpc) is 3.26. The maximum Gasteiger partial charge on any atom is 0.261 e. The van der Waals surface area contributed by atoms with Crippen molar-refractivity contribution in [2.75, 3.05) is 10.0 Å². The highest BCUT2D eigenvalue weighted by molar-refractivity contribution is 7.92. The first kappa shape index (κ1) is 23.9. The van der Waals surface area contributed by atoms with Crippen LogP contribution < -0.4 is 14.8 Å². The molecule has 0 fully saturated rings. The van der Waals surface area contributed by atoms with Gasteiger partial charge in [-0.3, -0.25) is 9.52 Å². The van der Waals surface area contributed by atoms with Gasteiger partial charge in [-0.2, -0.15) is 4.80 Å². The molecule has 2 N–H and O–H groups in total. The molecule has 3 aromatic carbocycles. The van der Waals surface area contributed by atoms with Crippen LogP contribution in [0.2, 0.25) is 0 Å². The van der Waals surface area contributed by atoms with E-state index in [0.717, 1.165) is 10.4 Å². The number of anilines is 2.